The first-order chi connectivity index (χ1) is 9.73. The van der Waals surface area contributed by atoms with Gasteiger partial charge < -0.3 is 5.73 Å². The maximum absolute atomic E-state index is 13.7. The Morgan fingerprint density at radius 1 is 1.14 bits per heavy atom. The molecule has 0 unspecified atom stereocenters. The summed E-state index contributed by atoms with van der Waals surface area (Å²) in [6, 6.07) is 9.46. The topological polar surface area (TPSA) is 63.4 Å². The molecule has 2 N–H and O–H groups in total. The van der Waals surface area contributed by atoms with Crippen molar-refractivity contribution in [2.24, 2.45) is 0 Å². The van der Waals surface area contributed by atoms with E-state index in [1.54, 1.807) is 18.2 Å². The van der Waals surface area contributed by atoms with E-state index in [2.05, 4.69) is 0 Å². The van der Waals surface area contributed by atoms with Crippen molar-refractivity contribution in [2.45, 2.75) is 18.7 Å². The molecule has 4 nitrogen and oxygen atoms in total. The molecule has 0 amide bonds. The lowest BCUT2D eigenvalue weighted by Gasteiger charge is -2.21. The minimum atomic E-state index is -3.87. The fraction of sp³-hybridized carbons (Fsp3) is 0.200. The number of nitrogen functional groups attached to an aromatic ring is 1. The van der Waals surface area contributed by atoms with Gasteiger partial charge in [0.05, 0.1) is 10.6 Å². The van der Waals surface area contributed by atoms with Crippen LogP contribution in [0, 0.1) is 19.7 Å². The monoisotopic (exact) mass is 308 g/mol. The van der Waals surface area contributed by atoms with E-state index in [0.29, 0.717) is 5.69 Å². The lowest BCUT2D eigenvalue weighted by atomic mass is 10.2. The Kier molecular flexibility index (Phi) is 3.91. The minimum absolute atomic E-state index is 0.0590. The number of benzene rings is 2. The Morgan fingerprint density at radius 3 is 2.43 bits per heavy atom. The third-order valence-electron chi connectivity index (χ3n) is 3.32. The summed E-state index contributed by atoms with van der Waals surface area (Å²) in [5.41, 5.74) is 7.15. The van der Waals surface area contributed by atoms with Crippen LogP contribution >= 0.6 is 0 Å². The maximum atomic E-state index is 13.7. The first kappa shape index (κ1) is 15.3. The molecule has 0 fully saturated rings. The zero-order chi connectivity index (χ0) is 15.8. The summed E-state index contributed by atoms with van der Waals surface area (Å²) < 4.78 is 40.2. The molecule has 6 heteroatoms. The third-order valence-corrected chi connectivity index (χ3v) is 5.23. The molecule has 2 aromatic rings. The van der Waals surface area contributed by atoms with E-state index < -0.39 is 15.8 Å². The van der Waals surface area contributed by atoms with Crippen molar-refractivity contribution < 1.29 is 12.8 Å². The fourth-order valence-corrected chi connectivity index (χ4v) is 3.51. The van der Waals surface area contributed by atoms with Gasteiger partial charge in [-0.1, -0.05) is 12.1 Å². The lowest BCUT2D eigenvalue weighted by molar-refractivity contribution is 0.585. The van der Waals surface area contributed by atoms with Crippen molar-refractivity contribution in [1.82, 2.24) is 0 Å². The molecule has 0 radical (unpaired) electrons. The molecular formula is C15H17FN2O2S. The smallest absolute Gasteiger partial charge is 0.264 e. The first-order valence-electron chi connectivity index (χ1n) is 6.34. The van der Waals surface area contributed by atoms with Gasteiger partial charge in [0, 0.05) is 18.3 Å². The minimum Gasteiger partial charge on any atom is -0.399 e. The molecule has 0 bridgehead atoms. The molecule has 0 saturated heterocycles. The highest BCUT2D eigenvalue weighted by atomic mass is 32.2. The van der Waals surface area contributed by atoms with Crippen LogP contribution in [-0.4, -0.2) is 15.5 Å². The van der Waals surface area contributed by atoms with Gasteiger partial charge in [0.15, 0.2) is 0 Å². The Labute approximate surface area is 124 Å². The lowest BCUT2D eigenvalue weighted by Crippen LogP contribution is -2.27. The molecule has 112 valence electrons. The van der Waals surface area contributed by atoms with Gasteiger partial charge >= 0.3 is 0 Å². The van der Waals surface area contributed by atoms with Crippen molar-refractivity contribution in [1.29, 1.82) is 0 Å². The van der Waals surface area contributed by atoms with E-state index in [1.807, 2.05) is 13.0 Å². The molecule has 0 saturated carbocycles. The number of nitrogens with zero attached hydrogens (tertiary/aromatic N) is 1. The van der Waals surface area contributed by atoms with Crippen molar-refractivity contribution in [2.75, 3.05) is 17.1 Å². The van der Waals surface area contributed by atoms with Crippen LogP contribution in [0.5, 0.6) is 0 Å². The highest BCUT2D eigenvalue weighted by Crippen LogP contribution is 2.27. The maximum Gasteiger partial charge on any atom is 0.264 e. The molecule has 0 spiro atoms. The summed E-state index contributed by atoms with van der Waals surface area (Å²) in [6.07, 6.45) is 0. The number of anilines is 2. The van der Waals surface area contributed by atoms with Crippen LogP contribution in [0.25, 0.3) is 0 Å². The highest BCUT2D eigenvalue weighted by molar-refractivity contribution is 7.92. The zero-order valence-corrected chi connectivity index (χ0v) is 12.9. The van der Waals surface area contributed by atoms with Gasteiger partial charge in [-0.25, -0.2) is 12.8 Å². The predicted molar refractivity (Wildman–Crippen MR) is 82.3 cm³/mol. The molecule has 0 heterocycles. The molecular weight excluding hydrogens is 291 g/mol. The van der Waals surface area contributed by atoms with Gasteiger partial charge in [-0.15, -0.1) is 0 Å². The van der Waals surface area contributed by atoms with Gasteiger partial charge in [0.2, 0.25) is 0 Å². The van der Waals surface area contributed by atoms with Crippen LogP contribution in [0.1, 0.15) is 11.1 Å². The van der Waals surface area contributed by atoms with Crippen LogP contribution in [0.15, 0.2) is 41.3 Å². The molecule has 0 aliphatic rings. The van der Waals surface area contributed by atoms with E-state index in [1.165, 1.54) is 20.0 Å². The molecule has 0 atom stereocenters. The van der Waals surface area contributed by atoms with Crippen molar-refractivity contribution in [3.05, 3.63) is 53.3 Å². The number of hydrogen-bond acceptors (Lipinski definition) is 3. The van der Waals surface area contributed by atoms with Crippen molar-refractivity contribution >= 4 is 21.4 Å². The van der Waals surface area contributed by atoms with Crippen LogP contribution in [0.2, 0.25) is 0 Å². The fourth-order valence-electron chi connectivity index (χ4n) is 2.05. The largest absolute Gasteiger partial charge is 0.399 e. The Hall–Kier alpha value is -2.08. The Morgan fingerprint density at radius 2 is 1.81 bits per heavy atom. The first-order valence-corrected chi connectivity index (χ1v) is 7.78. The van der Waals surface area contributed by atoms with Crippen LogP contribution in [0.4, 0.5) is 15.8 Å². The summed E-state index contributed by atoms with van der Waals surface area (Å²) in [4.78, 5) is -0.121. The highest BCUT2D eigenvalue weighted by Gasteiger charge is 2.25. The quantitative estimate of drug-likeness (QED) is 0.887. The summed E-state index contributed by atoms with van der Waals surface area (Å²) in [5.74, 6) is -0.633. The third kappa shape index (κ3) is 2.85. The average Bonchev–Trinajstić information content (AvgIpc) is 2.41. The van der Waals surface area contributed by atoms with Gasteiger partial charge in [-0.05, 0) is 43.7 Å². The number of sulfonamides is 1. The van der Waals surface area contributed by atoms with Gasteiger partial charge in [-0.3, -0.25) is 4.31 Å². The standard InChI is InChI=1S/C15H17FN2O2S/c1-10-5-4-6-13(7-10)18(3)21(19,20)15-9-12(17)8-14(16)11(15)2/h4-9H,17H2,1-3H3. The molecule has 0 aliphatic carbocycles. The van der Waals surface area contributed by atoms with Crippen molar-refractivity contribution in [3.8, 4) is 0 Å². The van der Waals surface area contributed by atoms with Gasteiger partial charge in [0.25, 0.3) is 10.0 Å². The van der Waals surface area contributed by atoms with E-state index >= 15 is 0 Å². The van der Waals surface area contributed by atoms with Crippen molar-refractivity contribution in [3.63, 3.8) is 0 Å². The zero-order valence-electron chi connectivity index (χ0n) is 12.1. The van der Waals surface area contributed by atoms with E-state index in [4.69, 9.17) is 5.73 Å². The number of nitrogens with two attached hydrogens (primary N) is 1. The van der Waals surface area contributed by atoms with Crippen LogP contribution in [-0.2, 0) is 10.0 Å². The second kappa shape index (κ2) is 5.37. The Balaban J connectivity index is 2.57. The normalized spacial score (nSPS) is 11.4. The SMILES string of the molecule is Cc1cccc(N(C)S(=O)(=O)c2cc(N)cc(F)c2C)c1. The van der Waals surface area contributed by atoms with Crippen LogP contribution in [0.3, 0.4) is 0 Å². The second-order valence-corrected chi connectivity index (χ2v) is 6.88. The van der Waals surface area contributed by atoms with E-state index in [-0.39, 0.29) is 16.1 Å². The van der Waals surface area contributed by atoms with E-state index in [0.717, 1.165) is 15.9 Å². The molecule has 0 aliphatic heterocycles. The molecule has 21 heavy (non-hydrogen) atoms. The number of aryl methyl sites for hydroxylation is 1. The summed E-state index contributed by atoms with van der Waals surface area (Å²) in [6.45, 7) is 3.29. The average molecular weight is 308 g/mol. The second-order valence-electron chi connectivity index (χ2n) is 4.94. The number of hydrogen-bond donors (Lipinski definition) is 1. The number of rotatable bonds is 3. The van der Waals surface area contributed by atoms with Crippen LogP contribution < -0.4 is 10.0 Å². The molecule has 2 rings (SSSR count). The van der Waals surface area contributed by atoms with Gasteiger partial charge in [-0.2, -0.15) is 0 Å². The molecule has 2 aromatic carbocycles. The summed E-state index contributed by atoms with van der Waals surface area (Å²) in [7, 11) is -2.44. The van der Waals surface area contributed by atoms with Gasteiger partial charge in [0.1, 0.15) is 5.82 Å². The molecule has 0 aromatic heterocycles. The Bertz CT molecular complexity index is 788. The summed E-state index contributed by atoms with van der Waals surface area (Å²) in [5, 5.41) is 0. The predicted octanol–water partition coefficient (Wildman–Crippen LogP) is 2.85. The summed E-state index contributed by atoms with van der Waals surface area (Å²) >= 11 is 0. The van der Waals surface area contributed by atoms with E-state index in [9.17, 15) is 12.8 Å². The number of halogens is 1.